The lowest BCUT2D eigenvalue weighted by Crippen LogP contribution is -2.07. The SMILES string of the molecule is CC.CC1=C(C)CNC1. The fourth-order valence-corrected chi connectivity index (χ4v) is 0.739. The van der Waals surface area contributed by atoms with Crippen LogP contribution in [-0.4, -0.2) is 13.1 Å². The Morgan fingerprint density at radius 1 is 1.00 bits per heavy atom. The zero-order chi connectivity index (χ0) is 7.28. The fourth-order valence-electron chi connectivity index (χ4n) is 0.739. The lowest BCUT2D eigenvalue weighted by atomic mass is 10.2. The second-order valence-corrected chi connectivity index (χ2v) is 2.16. The largest absolute Gasteiger partial charge is 0.309 e. The van der Waals surface area contributed by atoms with Crippen molar-refractivity contribution in [1.29, 1.82) is 0 Å². The molecule has 1 nitrogen and oxygen atoms in total. The summed E-state index contributed by atoms with van der Waals surface area (Å²) in [5, 5.41) is 3.25. The lowest BCUT2D eigenvalue weighted by Gasteiger charge is -1.85. The Bertz CT molecular complexity index is 91.1. The van der Waals surface area contributed by atoms with Crippen LogP contribution in [0.25, 0.3) is 0 Å². The molecule has 1 N–H and O–H groups in total. The lowest BCUT2D eigenvalue weighted by molar-refractivity contribution is 0.863. The molecular weight excluding hydrogens is 110 g/mol. The van der Waals surface area contributed by atoms with Crippen LogP contribution in [0.3, 0.4) is 0 Å². The van der Waals surface area contributed by atoms with Gasteiger partial charge in [0.05, 0.1) is 0 Å². The monoisotopic (exact) mass is 127 g/mol. The van der Waals surface area contributed by atoms with Gasteiger partial charge in [-0.25, -0.2) is 0 Å². The number of nitrogens with one attached hydrogen (secondary N) is 1. The normalized spacial score (nSPS) is 17.3. The summed E-state index contributed by atoms with van der Waals surface area (Å²) in [4.78, 5) is 0. The first-order valence-electron chi connectivity index (χ1n) is 3.66. The maximum Gasteiger partial charge on any atom is 0.0167 e. The summed E-state index contributed by atoms with van der Waals surface area (Å²) in [6.07, 6.45) is 0. The van der Waals surface area contributed by atoms with Crippen molar-refractivity contribution < 1.29 is 0 Å². The van der Waals surface area contributed by atoms with Gasteiger partial charge in [-0.3, -0.25) is 0 Å². The maximum atomic E-state index is 3.25. The van der Waals surface area contributed by atoms with E-state index in [-0.39, 0.29) is 0 Å². The third kappa shape index (κ3) is 2.66. The first-order chi connectivity index (χ1) is 4.30. The smallest absolute Gasteiger partial charge is 0.0167 e. The van der Waals surface area contributed by atoms with Gasteiger partial charge in [-0.2, -0.15) is 0 Å². The molecular formula is C8H17N. The molecule has 0 amide bonds. The summed E-state index contributed by atoms with van der Waals surface area (Å²) in [5.74, 6) is 0. The molecule has 0 radical (unpaired) electrons. The number of rotatable bonds is 0. The van der Waals surface area contributed by atoms with Crippen LogP contribution >= 0.6 is 0 Å². The Kier molecular flexibility index (Phi) is 4.41. The predicted octanol–water partition coefficient (Wildman–Crippen LogP) is 1.95. The van der Waals surface area contributed by atoms with Gasteiger partial charge in [-0.05, 0) is 13.8 Å². The van der Waals surface area contributed by atoms with E-state index in [0.29, 0.717) is 0 Å². The Balaban J connectivity index is 0.000000291. The van der Waals surface area contributed by atoms with E-state index in [2.05, 4.69) is 19.2 Å². The van der Waals surface area contributed by atoms with Crippen LogP contribution in [0.1, 0.15) is 27.7 Å². The van der Waals surface area contributed by atoms with E-state index < -0.39 is 0 Å². The molecule has 0 fully saturated rings. The van der Waals surface area contributed by atoms with Crippen molar-refractivity contribution >= 4 is 0 Å². The highest BCUT2D eigenvalue weighted by atomic mass is 14.9. The molecule has 0 bridgehead atoms. The Morgan fingerprint density at radius 2 is 1.33 bits per heavy atom. The van der Waals surface area contributed by atoms with Crippen LogP contribution in [0, 0.1) is 0 Å². The van der Waals surface area contributed by atoms with Gasteiger partial charge >= 0.3 is 0 Å². The third-order valence-electron chi connectivity index (χ3n) is 1.51. The average molecular weight is 127 g/mol. The molecule has 0 spiro atoms. The molecule has 0 saturated carbocycles. The molecule has 1 aliphatic rings. The molecule has 0 aromatic rings. The molecule has 1 heterocycles. The van der Waals surface area contributed by atoms with E-state index in [4.69, 9.17) is 0 Å². The van der Waals surface area contributed by atoms with E-state index in [1.165, 1.54) is 11.1 Å². The van der Waals surface area contributed by atoms with Gasteiger partial charge in [0.1, 0.15) is 0 Å². The van der Waals surface area contributed by atoms with Crippen molar-refractivity contribution in [2.45, 2.75) is 27.7 Å². The van der Waals surface area contributed by atoms with E-state index in [9.17, 15) is 0 Å². The molecule has 0 aliphatic carbocycles. The molecule has 0 unspecified atom stereocenters. The van der Waals surface area contributed by atoms with Crippen LogP contribution in [0.4, 0.5) is 0 Å². The minimum Gasteiger partial charge on any atom is -0.309 e. The highest BCUT2D eigenvalue weighted by Crippen LogP contribution is 2.05. The zero-order valence-corrected chi connectivity index (χ0v) is 6.91. The highest BCUT2D eigenvalue weighted by Gasteiger charge is 2.02. The Labute approximate surface area is 58.2 Å². The Morgan fingerprint density at radius 3 is 1.44 bits per heavy atom. The van der Waals surface area contributed by atoms with Crippen LogP contribution < -0.4 is 5.32 Å². The van der Waals surface area contributed by atoms with Crippen molar-refractivity contribution in [3.8, 4) is 0 Å². The maximum absolute atomic E-state index is 3.25. The third-order valence-corrected chi connectivity index (χ3v) is 1.51. The van der Waals surface area contributed by atoms with Crippen molar-refractivity contribution in [2.75, 3.05) is 13.1 Å². The first-order valence-corrected chi connectivity index (χ1v) is 3.66. The second kappa shape index (κ2) is 4.57. The molecule has 1 heteroatoms. The minimum atomic E-state index is 1.10. The molecule has 0 saturated heterocycles. The van der Waals surface area contributed by atoms with Crippen LogP contribution in [0.5, 0.6) is 0 Å². The summed E-state index contributed by atoms with van der Waals surface area (Å²) in [5.41, 5.74) is 3.03. The van der Waals surface area contributed by atoms with E-state index in [1.807, 2.05) is 13.8 Å². The fraction of sp³-hybridized carbons (Fsp3) is 0.750. The standard InChI is InChI=1S/C6H11N.C2H6/c1-5-3-7-4-6(5)2;1-2/h7H,3-4H2,1-2H3;1-2H3. The predicted molar refractivity (Wildman–Crippen MR) is 42.6 cm³/mol. The molecule has 0 atom stereocenters. The van der Waals surface area contributed by atoms with E-state index in [1.54, 1.807) is 0 Å². The Hall–Kier alpha value is -0.300. The van der Waals surface area contributed by atoms with Gasteiger partial charge in [0.25, 0.3) is 0 Å². The molecule has 1 aliphatic heterocycles. The molecule has 54 valence electrons. The average Bonchev–Trinajstić information content (AvgIpc) is 2.23. The van der Waals surface area contributed by atoms with Crippen LogP contribution in [-0.2, 0) is 0 Å². The van der Waals surface area contributed by atoms with Crippen molar-refractivity contribution in [1.82, 2.24) is 5.32 Å². The topological polar surface area (TPSA) is 12.0 Å². The zero-order valence-electron chi connectivity index (χ0n) is 6.91. The number of hydrogen-bond acceptors (Lipinski definition) is 1. The van der Waals surface area contributed by atoms with Crippen molar-refractivity contribution in [3.05, 3.63) is 11.1 Å². The molecule has 1 rings (SSSR count). The highest BCUT2D eigenvalue weighted by molar-refractivity contribution is 5.17. The number of hydrogen-bond donors (Lipinski definition) is 1. The van der Waals surface area contributed by atoms with Gasteiger partial charge in [0.15, 0.2) is 0 Å². The van der Waals surface area contributed by atoms with Gasteiger partial charge in [0, 0.05) is 13.1 Å². The van der Waals surface area contributed by atoms with Gasteiger partial charge in [0.2, 0.25) is 0 Å². The van der Waals surface area contributed by atoms with E-state index in [0.717, 1.165) is 13.1 Å². The summed E-state index contributed by atoms with van der Waals surface area (Å²) >= 11 is 0. The van der Waals surface area contributed by atoms with Gasteiger partial charge in [-0.15, -0.1) is 0 Å². The first kappa shape index (κ1) is 8.70. The van der Waals surface area contributed by atoms with Gasteiger partial charge < -0.3 is 5.32 Å². The summed E-state index contributed by atoms with van der Waals surface area (Å²) in [6.45, 7) is 10.6. The van der Waals surface area contributed by atoms with Gasteiger partial charge in [-0.1, -0.05) is 25.0 Å². The minimum absolute atomic E-state index is 1.10. The van der Waals surface area contributed by atoms with Crippen molar-refractivity contribution in [3.63, 3.8) is 0 Å². The van der Waals surface area contributed by atoms with E-state index >= 15 is 0 Å². The summed E-state index contributed by atoms with van der Waals surface area (Å²) in [7, 11) is 0. The molecule has 0 aromatic heterocycles. The molecule has 9 heavy (non-hydrogen) atoms. The summed E-state index contributed by atoms with van der Waals surface area (Å²) in [6, 6.07) is 0. The quantitative estimate of drug-likeness (QED) is 0.490. The summed E-state index contributed by atoms with van der Waals surface area (Å²) < 4.78 is 0. The molecule has 0 aromatic carbocycles. The van der Waals surface area contributed by atoms with Crippen molar-refractivity contribution in [2.24, 2.45) is 0 Å². The van der Waals surface area contributed by atoms with Crippen LogP contribution in [0.15, 0.2) is 11.1 Å². The van der Waals surface area contributed by atoms with Crippen LogP contribution in [0.2, 0.25) is 0 Å². The second-order valence-electron chi connectivity index (χ2n) is 2.16.